The molecular weight excluding hydrogens is 671 g/mol. The number of hydrogen-bond donors (Lipinski definition) is 8. The van der Waals surface area contributed by atoms with Gasteiger partial charge in [0.25, 0.3) is 0 Å². The average molecular weight is 693 g/mol. The number of aliphatic carboxylic acids is 4. The van der Waals surface area contributed by atoms with Crippen LogP contribution in [0.15, 0.2) is 33.5 Å². The number of phenolic OH excluding ortho intramolecular Hbond substituents is 1. The molecular formula is C28H22Cl2N4O13. The largest absolute Gasteiger partial charge is 0.504 e. The number of nitrogen functional groups attached to an aromatic ring is 2. The van der Waals surface area contributed by atoms with E-state index < -0.39 is 111 Å². The predicted molar refractivity (Wildman–Crippen MR) is 167 cm³/mol. The summed E-state index contributed by atoms with van der Waals surface area (Å²) in [5.74, 6) is -9.40. The fraction of sp³-hybridized carbons (Fsp3) is 0.143. The molecule has 0 amide bonds. The molecule has 0 radical (unpaired) electrons. The summed E-state index contributed by atoms with van der Waals surface area (Å²) in [6.07, 6.45) is 0. The van der Waals surface area contributed by atoms with E-state index in [0.717, 1.165) is 12.1 Å². The molecule has 0 bridgehead atoms. The van der Waals surface area contributed by atoms with Gasteiger partial charge in [-0.3, -0.25) is 24.0 Å². The Morgan fingerprint density at radius 3 is 1.74 bits per heavy atom. The van der Waals surface area contributed by atoms with Gasteiger partial charge in [0.15, 0.2) is 17.1 Å². The quantitative estimate of drug-likeness (QED) is 0.0780. The van der Waals surface area contributed by atoms with E-state index in [-0.39, 0.29) is 27.8 Å². The normalized spacial score (nSPS) is 11.0. The third kappa shape index (κ3) is 6.42. The van der Waals surface area contributed by atoms with Gasteiger partial charge in [-0.15, -0.1) is 0 Å². The Morgan fingerprint density at radius 2 is 1.26 bits per heavy atom. The number of nitrogens with two attached hydrogens (primary N) is 2. The summed E-state index contributed by atoms with van der Waals surface area (Å²) in [5, 5.41) is 58.2. The maximum Gasteiger partial charge on any atom is 0.338 e. The number of nitrogens with zero attached hydrogens (tertiary/aromatic N) is 2. The molecule has 1 aliphatic heterocycles. The number of anilines is 4. The van der Waals surface area contributed by atoms with Crippen LogP contribution >= 0.6 is 23.2 Å². The van der Waals surface area contributed by atoms with Crippen LogP contribution in [0.1, 0.15) is 10.4 Å². The molecule has 1 heterocycles. The maximum atomic E-state index is 13.5. The topological polar surface area (TPSA) is 295 Å². The van der Waals surface area contributed by atoms with E-state index in [1.54, 1.807) is 0 Å². The number of aromatic hydroxyl groups is 1. The highest BCUT2D eigenvalue weighted by molar-refractivity contribution is 6.34. The fourth-order valence-electron chi connectivity index (χ4n) is 5.06. The van der Waals surface area contributed by atoms with Crippen molar-refractivity contribution in [1.29, 1.82) is 0 Å². The van der Waals surface area contributed by atoms with Crippen LogP contribution in [-0.2, 0) is 19.2 Å². The van der Waals surface area contributed by atoms with E-state index in [2.05, 4.69) is 0 Å². The number of carbonyl (C=O) groups is 5. The standard InChI is InChI=1S/C28H22Cl2N4O13/c29-12-3-10-19(9-1-2-14(31)21(32)20(9)28(45)46)11-4-13(30)25(44)23(34(7-17(39)40)8-18(41)42)27(11)47-26(10)22(24(12)43)33(5-15(35)36)6-16(37)38/h1-4,43H,5-8,31-32H2,(H,35,36)(H,37,38)(H,39,40)(H,41,42)(H,45,46). The van der Waals surface area contributed by atoms with Crippen molar-refractivity contribution in [3.8, 4) is 28.2 Å². The van der Waals surface area contributed by atoms with Crippen molar-refractivity contribution in [2.24, 2.45) is 0 Å². The Morgan fingerprint density at radius 1 is 0.745 bits per heavy atom. The van der Waals surface area contributed by atoms with Crippen molar-refractivity contribution in [2.45, 2.75) is 0 Å². The highest BCUT2D eigenvalue weighted by Gasteiger charge is 2.34. The lowest BCUT2D eigenvalue weighted by atomic mass is 9.88. The van der Waals surface area contributed by atoms with E-state index in [1.165, 1.54) is 12.1 Å². The fourth-order valence-corrected chi connectivity index (χ4v) is 5.46. The summed E-state index contributed by atoms with van der Waals surface area (Å²) < 4.78 is 6.05. The Balaban J connectivity index is 2.39. The average Bonchev–Trinajstić information content (AvgIpc) is 2.93. The number of halogens is 2. The molecule has 10 N–H and O–H groups in total. The molecule has 1 aliphatic carbocycles. The Bertz CT molecular complexity index is 2010. The lowest BCUT2D eigenvalue weighted by molar-refractivity contribution is -0.138. The molecule has 0 saturated carbocycles. The molecule has 0 saturated heterocycles. The first-order valence-corrected chi connectivity index (χ1v) is 13.6. The van der Waals surface area contributed by atoms with Crippen LogP contribution < -0.4 is 26.7 Å². The number of phenols is 1. The zero-order valence-corrected chi connectivity index (χ0v) is 25.0. The lowest BCUT2D eigenvalue weighted by Gasteiger charge is -2.28. The Hall–Kier alpha value is -5.94. The zero-order valence-electron chi connectivity index (χ0n) is 23.5. The van der Waals surface area contributed by atoms with Crippen molar-refractivity contribution in [1.82, 2.24) is 0 Å². The number of rotatable bonds is 12. The molecule has 246 valence electrons. The van der Waals surface area contributed by atoms with Gasteiger partial charge >= 0.3 is 29.8 Å². The van der Waals surface area contributed by atoms with Gasteiger partial charge in [-0.05, 0) is 23.8 Å². The number of aromatic carboxylic acids is 1. The second kappa shape index (κ2) is 12.8. The van der Waals surface area contributed by atoms with E-state index in [0.29, 0.717) is 9.80 Å². The first kappa shape index (κ1) is 33.9. The monoisotopic (exact) mass is 692 g/mol. The summed E-state index contributed by atoms with van der Waals surface area (Å²) in [5.41, 5.74) is 7.04. The van der Waals surface area contributed by atoms with Gasteiger partial charge < -0.3 is 56.3 Å². The second-order valence-electron chi connectivity index (χ2n) is 9.91. The number of carboxylic acids is 5. The SMILES string of the molecule is Nc1ccc(-c2c3cc(Cl)c(=O)c(N(CC(=O)O)CC(=O)O)c-3oc3c(N(CC(=O)O)CC(=O)O)c(O)c(Cl)cc23)c(C(=O)O)c1N. The third-order valence-corrected chi connectivity index (χ3v) is 7.36. The Labute approximate surface area is 271 Å². The molecule has 2 aromatic rings. The van der Waals surface area contributed by atoms with Crippen LogP contribution in [0.3, 0.4) is 0 Å². The summed E-state index contributed by atoms with van der Waals surface area (Å²) in [6.45, 7) is -4.29. The molecule has 19 heteroatoms. The van der Waals surface area contributed by atoms with Crippen LogP contribution in [0.2, 0.25) is 10.0 Å². The van der Waals surface area contributed by atoms with Crippen molar-refractivity contribution >= 4 is 86.8 Å². The van der Waals surface area contributed by atoms with Gasteiger partial charge in [-0.25, -0.2) is 4.79 Å². The first-order valence-electron chi connectivity index (χ1n) is 12.9. The third-order valence-electron chi connectivity index (χ3n) is 6.79. The van der Waals surface area contributed by atoms with Gasteiger partial charge in [0.05, 0.1) is 27.0 Å². The summed E-state index contributed by atoms with van der Waals surface area (Å²) >= 11 is 12.6. The van der Waals surface area contributed by atoms with Gasteiger partial charge in [0.1, 0.15) is 37.6 Å². The number of benzene rings is 3. The van der Waals surface area contributed by atoms with Crippen molar-refractivity contribution in [3.05, 3.63) is 50.1 Å². The van der Waals surface area contributed by atoms with E-state index in [4.69, 9.17) is 39.1 Å². The van der Waals surface area contributed by atoms with Crippen LogP contribution in [0, 0.1) is 0 Å². The molecule has 0 fully saturated rings. The van der Waals surface area contributed by atoms with Crippen molar-refractivity contribution in [2.75, 3.05) is 47.4 Å². The maximum absolute atomic E-state index is 13.5. The van der Waals surface area contributed by atoms with Gasteiger partial charge in [0, 0.05) is 16.5 Å². The molecule has 4 rings (SSSR count). The van der Waals surface area contributed by atoms with Gasteiger partial charge in [-0.2, -0.15) is 0 Å². The van der Waals surface area contributed by atoms with Gasteiger partial charge in [0.2, 0.25) is 5.43 Å². The van der Waals surface area contributed by atoms with Crippen LogP contribution in [0.5, 0.6) is 5.75 Å². The number of hydrogen-bond acceptors (Lipinski definition) is 12. The van der Waals surface area contributed by atoms with E-state index >= 15 is 0 Å². The molecule has 0 aromatic heterocycles. The molecule has 0 atom stereocenters. The van der Waals surface area contributed by atoms with Crippen LogP contribution in [0.4, 0.5) is 22.7 Å². The molecule has 0 unspecified atom stereocenters. The molecule has 17 nitrogen and oxygen atoms in total. The highest BCUT2D eigenvalue weighted by atomic mass is 35.5. The number of fused-ring (bicyclic) bond motifs is 2. The van der Waals surface area contributed by atoms with E-state index in [1.807, 2.05) is 0 Å². The lowest BCUT2D eigenvalue weighted by Crippen LogP contribution is -2.38. The minimum atomic E-state index is -1.60. The smallest absolute Gasteiger partial charge is 0.338 e. The first-order chi connectivity index (χ1) is 21.9. The predicted octanol–water partition coefficient (Wildman–Crippen LogP) is 2.39. The minimum Gasteiger partial charge on any atom is -0.504 e. The van der Waals surface area contributed by atoms with Crippen molar-refractivity contribution in [3.63, 3.8) is 0 Å². The number of carboxylic acid groups (broad SMARTS) is 5. The van der Waals surface area contributed by atoms with E-state index in [9.17, 15) is 59.4 Å². The molecule has 2 aromatic carbocycles. The van der Waals surface area contributed by atoms with Crippen LogP contribution in [0.25, 0.3) is 33.4 Å². The molecule has 0 spiro atoms. The molecule has 47 heavy (non-hydrogen) atoms. The summed E-state index contributed by atoms with van der Waals surface area (Å²) in [6, 6.07) is 4.53. The second-order valence-corrected chi connectivity index (χ2v) is 10.7. The molecule has 2 aliphatic rings. The highest BCUT2D eigenvalue weighted by Crippen LogP contribution is 2.51. The summed E-state index contributed by atoms with van der Waals surface area (Å²) in [7, 11) is 0. The van der Waals surface area contributed by atoms with Crippen LogP contribution in [-0.4, -0.2) is 86.7 Å². The van der Waals surface area contributed by atoms with Gasteiger partial charge in [-0.1, -0.05) is 29.3 Å². The zero-order chi connectivity index (χ0) is 35.1. The summed E-state index contributed by atoms with van der Waals surface area (Å²) in [4.78, 5) is 74.3. The minimum absolute atomic E-state index is 0.152. The Kier molecular flexibility index (Phi) is 9.25. The van der Waals surface area contributed by atoms with Crippen molar-refractivity contribution < 1.29 is 59.0 Å².